The molecule has 2 heterocycles. The first kappa shape index (κ1) is 19.4. The van der Waals surface area contributed by atoms with Crippen molar-refractivity contribution in [2.24, 2.45) is 0 Å². The molecule has 1 aliphatic rings. The van der Waals surface area contributed by atoms with Crippen LogP contribution in [0.1, 0.15) is 16.8 Å². The van der Waals surface area contributed by atoms with E-state index < -0.39 is 0 Å². The third kappa shape index (κ3) is 5.31. The summed E-state index contributed by atoms with van der Waals surface area (Å²) in [5, 5.41) is 3.01. The van der Waals surface area contributed by atoms with Crippen LogP contribution in [0.2, 0.25) is 0 Å². The van der Waals surface area contributed by atoms with Gasteiger partial charge < -0.3 is 14.5 Å². The van der Waals surface area contributed by atoms with Crippen molar-refractivity contribution in [1.82, 2.24) is 15.2 Å². The quantitative estimate of drug-likeness (QED) is 0.671. The van der Waals surface area contributed by atoms with Crippen LogP contribution in [0.4, 0.5) is 0 Å². The highest BCUT2D eigenvalue weighted by molar-refractivity contribution is 5.78. The van der Waals surface area contributed by atoms with E-state index >= 15 is 0 Å². The average Bonchev–Trinajstić information content (AvgIpc) is 3.23. The molecule has 29 heavy (non-hydrogen) atoms. The van der Waals surface area contributed by atoms with Crippen molar-refractivity contribution >= 4 is 5.91 Å². The first-order valence-electron chi connectivity index (χ1n) is 9.91. The fourth-order valence-electron chi connectivity index (χ4n) is 3.41. The van der Waals surface area contributed by atoms with Crippen molar-refractivity contribution in [3.63, 3.8) is 0 Å². The molecule has 0 atom stereocenters. The zero-order valence-electron chi connectivity index (χ0n) is 16.3. The van der Waals surface area contributed by atoms with Crippen LogP contribution in [0, 0.1) is 0 Å². The van der Waals surface area contributed by atoms with Crippen molar-refractivity contribution in [3.05, 3.63) is 77.7 Å². The number of ether oxygens (including phenoxy) is 1. The van der Waals surface area contributed by atoms with Crippen molar-refractivity contribution in [2.75, 3.05) is 26.3 Å². The number of nitrogens with zero attached hydrogens (tertiary/aromatic N) is 2. The van der Waals surface area contributed by atoms with E-state index in [1.54, 1.807) is 6.26 Å². The van der Waals surface area contributed by atoms with E-state index in [1.807, 2.05) is 42.5 Å². The van der Waals surface area contributed by atoms with Crippen molar-refractivity contribution in [2.45, 2.75) is 19.5 Å². The second-order valence-corrected chi connectivity index (χ2v) is 7.12. The predicted molar refractivity (Wildman–Crippen MR) is 110 cm³/mol. The highest BCUT2D eigenvalue weighted by atomic mass is 16.5. The predicted octanol–water partition coefficient (Wildman–Crippen LogP) is 3.03. The van der Waals surface area contributed by atoms with E-state index in [-0.39, 0.29) is 12.3 Å². The molecule has 3 aromatic rings. The van der Waals surface area contributed by atoms with Crippen molar-refractivity contribution < 1.29 is 13.9 Å². The molecule has 1 aromatic heterocycles. The number of rotatable bonds is 7. The molecule has 4 rings (SSSR count). The van der Waals surface area contributed by atoms with Gasteiger partial charge in [-0.2, -0.15) is 0 Å². The summed E-state index contributed by atoms with van der Waals surface area (Å²) in [6.07, 6.45) is 1.75. The van der Waals surface area contributed by atoms with Crippen LogP contribution in [0.3, 0.4) is 0 Å². The minimum atomic E-state index is -0.0703. The molecule has 0 radical (unpaired) electrons. The molecule has 150 valence electrons. The Hall–Kier alpha value is -2.96. The van der Waals surface area contributed by atoms with Crippen LogP contribution in [0.25, 0.3) is 11.5 Å². The molecule has 1 fully saturated rings. The first-order chi connectivity index (χ1) is 14.3. The smallest absolute Gasteiger partial charge is 0.226 e. The Morgan fingerprint density at radius 3 is 2.52 bits per heavy atom. The lowest BCUT2D eigenvalue weighted by Gasteiger charge is -2.27. The Bertz CT molecular complexity index is 933. The summed E-state index contributed by atoms with van der Waals surface area (Å²) in [6, 6.07) is 17.9. The summed E-state index contributed by atoms with van der Waals surface area (Å²) in [7, 11) is 0. The van der Waals surface area contributed by atoms with Crippen LogP contribution >= 0.6 is 0 Å². The largest absolute Gasteiger partial charge is 0.444 e. The van der Waals surface area contributed by atoms with Gasteiger partial charge in [-0.25, -0.2) is 4.98 Å². The third-order valence-corrected chi connectivity index (χ3v) is 5.01. The standard InChI is InChI=1S/C23H25N3O3/c27-22(14-21-17-29-23(25-21)18-6-2-1-3-7-18)24-15-19-8-4-5-9-20(19)16-26-10-12-28-13-11-26/h1-9,17H,10-16H2,(H,24,27). The maximum absolute atomic E-state index is 12.4. The van der Waals surface area contributed by atoms with Gasteiger partial charge in [0.1, 0.15) is 6.26 Å². The molecule has 0 spiro atoms. The molecular weight excluding hydrogens is 366 g/mol. The molecule has 1 saturated heterocycles. The average molecular weight is 391 g/mol. The number of aromatic nitrogens is 1. The number of morpholine rings is 1. The van der Waals surface area contributed by atoms with E-state index in [0.29, 0.717) is 18.1 Å². The summed E-state index contributed by atoms with van der Waals surface area (Å²) in [5.74, 6) is 0.461. The fraction of sp³-hybridized carbons (Fsp3) is 0.304. The number of amides is 1. The normalized spacial score (nSPS) is 14.6. The van der Waals surface area contributed by atoms with E-state index in [1.165, 1.54) is 5.56 Å². The van der Waals surface area contributed by atoms with Crippen LogP contribution in [0.15, 0.2) is 65.3 Å². The molecule has 1 aliphatic heterocycles. The van der Waals surface area contributed by atoms with Gasteiger partial charge in [-0.15, -0.1) is 0 Å². The summed E-state index contributed by atoms with van der Waals surface area (Å²) in [4.78, 5) is 19.2. The molecule has 1 amide bonds. The summed E-state index contributed by atoms with van der Waals surface area (Å²) in [5.41, 5.74) is 3.90. The summed E-state index contributed by atoms with van der Waals surface area (Å²) >= 11 is 0. The van der Waals surface area contributed by atoms with E-state index in [2.05, 4.69) is 27.3 Å². The van der Waals surface area contributed by atoms with Gasteiger partial charge in [0.2, 0.25) is 11.8 Å². The molecular formula is C23H25N3O3. The topological polar surface area (TPSA) is 67.6 Å². The number of hydrogen-bond acceptors (Lipinski definition) is 5. The molecule has 6 nitrogen and oxygen atoms in total. The summed E-state index contributed by atoms with van der Waals surface area (Å²) < 4.78 is 10.9. The van der Waals surface area contributed by atoms with Gasteiger partial charge in [0, 0.05) is 31.7 Å². The summed E-state index contributed by atoms with van der Waals surface area (Å²) in [6.45, 7) is 4.82. The molecule has 0 aliphatic carbocycles. The number of hydrogen-bond donors (Lipinski definition) is 1. The molecule has 0 bridgehead atoms. The molecule has 0 saturated carbocycles. The Balaban J connectivity index is 1.32. The monoisotopic (exact) mass is 391 g/mol. The second-order valence-electron chi connectivity index (χ2n) is 7.12. The zero-order valence-corrected chi connectivity index (χ0v) is 16.3. The van der Waals surface area contributed by atoms with Gasteiger partial charge in [0.25, 0.3) is 0 Å². The van der Waals surface area contributed by atoms with E-state index in [0.717, 1.165) is 44.0 Å². The van der Waals surface area contributed by atoms with Gasteiger partial charge in [-0.3, -0.25) is 9.69 Å². The minimum Gasteiger partial charge on any atom is -0.444 e. The molecule has 1 N–H and O–H groups in total. The second kappa shape index (κ2) is 9.49. The third-order valence-electron chi connectivity index (χ3n) is 5.01. The van der Waals surface area contributed by atoms with E-state index in [4.69, 9.17) is 9.15 Å². The lowest BCUT2D eigenvalue weighted by atomic mass is 10.1. The SMILES string of the molecule is O=C(Cc1coc(-c2ccccc2)n1)NCc1ccccc1CN1CCOCC1. The van der Waals surface area contributed by atoms with Crippen LogP contribution in [-0.2, 0) is 29.0 Å². The number of carbonyl (C=O) groups excluding carboxylic acids is 1. The molecule has 0 unspecified atom stereocenters. The maximum atomic E-state index is 12.4. The minimum absolute atomic E-state index is 0.0703. The Kier molecular flexibility index (Phi) is 6.34. The Morgan fingerprint density at radius 2 is 1.72 bits per heavy atom. The van der Waals surface area contributed by atoms with E-state index in [9.17, 15) is 4.79 Å². The van der Waals surface area contributed by atoms with Gasteiger partial charge in [-0.05, 0) is 23.3 Å². The number of nitrogens with one attached hydrogen (secondary N) is 1. The van der Waals surface area contributed by atoms with Crippen LogP contribution < -0.4 is 5.32 Å². The van der Waals surface area contributed by atoms with Gasteiger partial charge >= 0.3 is 0 Å². The Labute approximate surface area is 170 Å². The first-order valence-corrected chi connectivity index (χ1v) is 9.91. The van der Waals surface area contributed by atoms with Crippen LogP contribution in [0.5, 0.6) is 0 Å². The highest BCUT2D eigenvalue weighted by Crippen LogP contribution is 2.18. The lowest BCUT2D eigenvalue weighted by Crippen LogP contribution is -2.36. The van der Waals surface area contributed by atoms with Crippen molar-refractivity contribution in [1.29, 1.82) is 0 Å². The molecule has 2 aromatic carbocycles. The number of benzene rings is 2. The number of oxazole rings is 1. The highest BCUT2D eigenvalue weighted by Gasteiger charge is 2.14. The van der Waals surface area contributed by atoms with Gasteiger partial charge in [0.15, 0.2) is 0 Å². The van der Waals surface area contributed by atoms with Gasteiger partial charge in [0.05, 0.1) is 25.3 Å². The van der Waals surface area contributed by atoms with Crippen molar-refractivity contribution in [3.8, 4) is 11.5 Å². The molecule has 6 heteroatoms. The Morgan fingerprint density at radius 1 is 1.00 bits per heavy atom. The van der Waals surface area contributed by atoms with Gasteiger partial charge in [-0.1, -0.05) is 42.5 Å². The number of carbonyl (C=O) groups is 1. The van der Waals surface area contributed by atoms with Crippen LogP contribution in [-0.4, -0.2) is 42.1 Å². The zero-order chi connectivity index (χ0) is 19.9. The fourth-order valence-corrected chi connectivity index (χ4v) is 3.41. The lowest BCUT2D eigenvalue weighted by molar-refractivity contribution is -0.120. The maximum Gasteiger partial charge on any atom is 0.226 e.